The molecule has 1 aliphatic rings. The van der Waals surface area contributed by atoms with E-state index in [2.05, 4.69) is 41.1 Å². The lowest BCUT2D eigenvalue weighted by atomic mass is 9.80. The molecule has 3 N–H and O–H groups in total. The van der Waals surface area contributed by atoms with E-state index in [1.165, 1.54) is 30.4 Å². The van der Waals surface area contributed by atoms with E-state index < -0.39 is 0 Å². The highest BCUT2D eigenvalue weighted by Gasteiger charge is 2.28. The molecule has 2 unspecified atom stereocenters. The second kappa shape index (κ2) is 5.22. The van der Waals surface area contributed by atoms with E-state index in [4.69, 9.17) is 5.84 Å². The molecule has 2 aromatic rings. The van der Waals surface area contributed by atoms with Crippen molar-refractivity contribution in [2.75, 3.05) is 0 Å². The molecule has 0 radical (unpaired) electrons. The van der Waals surface area contributed by atoms with Gasteiger partial charge in [-0.2, -0.15) is 0 Å². The number of hydrogen-bond acceptors (Lipinski definition) is 3. The lowest BCUT2D eigenvalue weighted by Gasteiger charge is -2.30. The van der Waals surface area contributed by atoms with Crippen LogP contribution in [-0.2, 0) is 6.42 Å². The van der Waals surface area contributed by atoms with Gasteiger partial charge < -0.3 is 0 Å². The molecule has 1 aliphatic carbocycles. The molecule has 18 heavy (non-hydrogen) atoms. The van der Waals surface area contributed by atoms with Crippen LogP contribution in [0, 0.1) is 0 Å². The molecule has 1 heterocycles. The fourth-order valence-electron chi connectivity index (χ4n) is 2.97. The number of nitrogens with two attached hydrogens (primary N) is 1. The zero-order valence-electron chi connectivity index (χ0n) is 10.3. The zero-order chi connectivity index (χ0) is 12.4. The molecule has 1 aromatic carbocycles. The Morgan fingerprint density at radius 1 is 1.22 bits per heavy atom. The second-order valence-corrected chi connectivity index (χ2v) is 5.85. The average Bonchev–Trinajstić information content (AvgIpc) is 2.90. The van der Waals surface area contributed by atoms with E-state index in [1.807, 2.05) is 17.4 Å². The Morgan fingerprint density at radius 3 is 2.83 bits per heavy atom. The van der Waals surface area contributed by atoms with Crippen molar-refractivity contribution in [2.24, 2.45) is 5.84 Å². The minimum absolute atomic E-state index is 0.222. The number of thiophene rings is 1. The quantitative estimate of drug-likeness (QED) is 0.654. The summed E-state index contributed by atoms with van der Waals surface area (Å²) in [6, 6.07) is 13.0. The summed E-state index contributed by atoms with van der Waals surface area (Å²) in [4.78, 5) is 1.54. The van der Waals surface area contributed by atoms with E-state index in [1.54, 1.807) is 4.88 Å². The molecule has 0 bridgehead atoms. The van der Waals surface area contributed by atoms with Crippen LogP contribution in [0.2, 0.25) is 0 Å². The fraction of sp³-hybridized carbons (Fsp3) is 0.333. The summed E-state index contributed by atoms with van der Waals surface area (Å²) in [6.07, 6.45) is 3.71. The van der Waals surface area contributed by atoms with Gasteiger partial charge in [0.1, 0.15) is 0 Å². The smallest absolute Gasteiger partial charge is 0.0528 e. The maximum Gasteiger partial charge on any atom is 0.0528 e. The highest BCUT2D eigenvalue weighted by Crippen LogP contribution is 2.41. The first-order valence-corrected chi connectivity index (χ1v) is 7.35. The third-order valence-corrected chi connectivity index (χ3v) is 4.84. The van der Waals surface area contributed by atoms with Gasteiger partial charge in [0, 0.05) is 10.8 Å². The summed E-state index contributed by atoms with van der Waals surface area (Å²) in [5.74, 6) is 6.32. The van der Waals surface area contributed by atoms with Crippen molar-refractivity contribution in [3.05, 3.63) is 57.8 Å². The average molecular weight is 258 g/mol. The first kappa shape index (κ1) is 11.9. The Labute approximate surface area is 112 Å². The summed E-state index contributed by atoms with van der Waals surface area (Å²) in [7, 11) is 0. The lowest BCUT2D eigenvalue weighted by Crippen LogP contribution is -2.33. The van der Waals surface area contributed by atoms with Gasteiger partial charge in [-0.15, -0.1) is 11.3 Å². The monoisotopic (exact) mass is 258 g/mol. The minimum atomic E-state index is 0.222. The fourth-order valence-corrected chi connectivity index (χ4v) is 3.97. The van der Waals surface area contributed by atoms with Gasteiger partial charge in [0.15, 0.2) is 0 Å². The summed E-state index contributed by atoms with van der Waals surface area (Å²) < 4.78 is 0. The molecular weight excluding hydrogens is 240 g/mol. The molecular formula is C15H18N2S. The van der Waals surface area contributed by atoms with Crippen molar-refractivity contribution in [3.63, 3.8) is 0 Å². The van der Waals surface area contributed by atoms with Crippen LogP contribution in [0.3, 0.4) is 0 Å². The number of benzene rings is 1. The first-order valence-electron chi connectivity index (χ1n) is 6.47. The van der Waals surface area contributed by atoms with Crippen molar-refractivity contribution in [1.82, 2.24) is 5.43 Å². The second-order valence-electron chi connectivity index (χ2n) is 4.85. The van der Waals surface area contributed by atoms with Gasteiger partial charge in [0.2, 0.25) is 0 Å². The summed E-state index contributed by atoms with van der Waals surface area (Å²) in [6.45, 7) is 0. The molecule has 3 rings (SSSR count). The Kier molecular flexibility index (Phi) is 3.46. The lowest BCUT2D eigenvalue weighted by molar-refractivity contribution is 0.411. The number of fused-ring (bicyclic) bond motifs is 1. The normalized spacial score (nSPS) is 20.4. The van der Waals surface area contributed by atoms with E-state index in [-0.39, 0.29) is 6.04 Å². The van der Waals surface area contributed by atoms with Crippen molar-refractivity contribution in [2.45, 2.75) is 31.2 Å². The summed E-state index contributed by atoms with van der Waals surface area (Å²) in [5, 5.41) is 2.21. The van der Waals surface area contributed by atoms with Gasteiger partial charge in [-0.1, -0.05) is 30.3 Å². The van der Waals surface area contributed by atoms with Crippen LogP contribution < -0.4 is 11.3 Å². The number of nitrogens with one attached hydrogen (secondary N) is 1. The Morgan fingerprint density at radius 2 is 2.06 bits per heavy atom. The summed E-state index contributed by atoms with van der Waals surface area (Å²) in [5.41, 5.74) is 5.80. The minimum Gasteiger partial charge on any atom is -0.271 e. The van der Waals surface area contributed by atoms with Crippen molar-refractivity contribution in [1.29, 1.82) is 0 Å². The Balaban J connectivity index is 1.95. The molecule has 0 saturated heterocycles. The molecule has 0 saturated carbocycles. The predicted octanol–water partition coefficient (Wildman–Crippen LogP) is 3.37. The Bertz CT molecular complexity index is 506. The third-order valence-electron chi connectivity index (χ3n) is 3.84. The van der Waals surface area contributed by atoms with Crippen LogP contribution in [0.15, 0.2) is 41.8 Å². The van der Waals surface area contributed by atoms with Gasteiger partial charge >= 0.3 is 0 Å². The third kappa shape index (κ3) is 2.09. The van der Waals surface area contributed by atoms with Crippen LogP contribution in [0.5, 0.6) is 0 Å². The van der Waals surface area contributed by atoms with Crippen LogP contribution in [-0.4, -0.2) is 0 Å². The number of hydrazine groups is 1. The number of aryl methyl sites for hydroxylation is 1. The maximum atomic E-state index is 5.81. The highest BCUT2D eigenvalue weighted by atomic mass is 32.1. The molecule has 0 spiro atoms. The van der Waals surface area contributed by atoms with Crippen LogP contribution in [0.25, 0.3) is 0 Å². The Hall–Kier alpha value is -1.16. The molecule has 1 aromatic heterocycles. The molecule has 0 aliphatic heterocycles. The molecule has 2 nitrogen and oxygen atoms in total. The standard InChI is InChI=1S/C15H18N2S/c16-17-15(11-5-2-1-3-6-11)13-7-4-8-14-12(13)9-10-18-14/h1-3,5-6,9-10,13,15,17H,4,7-8,16H2. The molecule has 0 fully saturated rings. The molecule has 2 atom stereocenters. The number of hydrogen-bond donors (Lipinski definition) is 2. The molecule has 0 amide bonds. The maximum absolute atomic E-state index is 5.81. The molecule has 94 valence electrons. The topological polar surface area (TPSA) is 38.0 Å². The number of rotatable bonds is 3. The van der Waals surface area contributed by atoms with E-state index in [0.717, 1.165) is 0 Å². The van der Waals surface area contributed by atoms with Gasteiger partial charge in [-0.25, -0.2) is 0 Å². The summed E-state index contributed by atoms with van der Waals surface area (Å²) >= 11 is 1.88. The predicted molar refractivity (Wildman–Crippen MR) is 76.5 cm³/mol. The zero-order valence-corrected chi connectivity index (χ0v) is 11.1. The van der Waals surface area contributed by atoms with E-state index in [0.29, 0.717) is 5.92 Å². The van der Waals surface area contributed by atoms with E-state index >= 15 is 0 Å². The van der Waals surface area contributed by atoms with Crippen LogP contribution >= 0.6 is 11.3 Å². The SMILES string of the molecule is NNC(c1ccccc1)C1CCCc2sccc21. The van der Waals surface area contributed by atoms with Crippen molar-refractivity contribution >= 4 is 11.3 Å². The highest BCUT2D eigenvalue weighted by molar-refractivity contribution is 7.10. The largest absolute Gasteiger partial charge is 0.271 e. The first-order chi connectivity index (χ1) is 8.90. The van der Waals surface area contributed by atoms with Crippen LogP contribution in [0.1, 0.15) is 40.8 Å². The van der Waals surface area contributed by atoms with Crippen molar-refractivity contribution < 1.29 is 0 Å². The van der Waals surface area contributed by atoms with Gasteiger partial charge in [-0.05, 0) is 41.8 Å². The van der Waals surface area contributed by atoms with Gasteiger partial charge in [0.25, 0.3) is 0 Å². The van der Waals surface area contributed by atoms with Crippen molar-refractivity contribution in [3.8, 4) is 0 Å². The van der Waals surface area contributed by atoms with E-state index in [9.17, 15) is 0 Å². The van der Waals surface area contributed by atoms with Crippen LogP contribution in [0.4, 0.5) is 0 Å². The van der Waals surface area contributed by atoms with Gasteiger partial charge in [0.05, 0.1) is 6.04 Å². The molecule has 3 heteroatoms. The van der Waals surface area contributed by atoms with Gasteiger partial charge in [-0.3, -0.25) is 11.3 Å².